The molecule has 2 aromatic rings. The molecule has 98 valence electrons. The number of anilines is 2. The third-order valence-corrected chi connectivity index (χ3v) is 3.64. The van der Waals surface area contributed by atoms with Gasteiger partial charge in [0, 0.05) is 10.0 Å². The number of pyridine rings is 1. The summed E-state index contributed by atoms with van der Waals surface area (Å²) in [4.78, 5) is 16.3. The Labute approximate surface area is 127 Å². The molecule has 0 aliphatic rings. The van der Waals surface area contributed by atoms with Crippen molar-refractivity contribution >= 4 is 49.3 Å². The average Bonchev–Trinajstić information content (AvgIpc) is 2.35. The van der Waals surface area contributed by atoms with Crippen LogP contribution < -0.4 is 11.1 Å². The van der Waals surface area contributed by atoms with Crippen LogP contribution in [0.2, 0.25) is 0 Å². The molecule has 0 fully saturated rings. The minimum Gasteiger partial charge on any atom is -0.397 e. The zero-order chi connectivity index (χ0) is 14.0. The minimum atomic E-state index is -0.211. The van der Waals surface area contributed by atoms with Crippen LogP contribution in [0.5, 0.6) is 0 Å². The van der Waals surface area contributed by atoms with Gasteiger partial charge >= 0.3 is 0 Å². The largest absolute Gasteiger partial charge is 0.397 e. The van der Waals surface area contributed by atoms with Crippen LogP contribution in [0.3, 0.4) is 0 Å². The number of aryl methyl sites for hydroxylation is 1. The smallest absolute Gasteiger partial charge is 0.257 e. The zero-order valence-corrected chi connectivity index (χ0v) is 13.2. The topological polar surface area (TPSA) is 68.0 Å². The highest BCUT2D eigenvalue weighted by Crippen LogP contribution is 2.23. The van der Waals surface area contributed by atoms with E-state index in [4.69, 9.17) is 5.73 Å². The number of hydrogen-bond acceptors (Lipinski definition) is 3. The number of nitrogens with zero attached hydrogens (tertiary/aromatic N) is 1. The summed E-state index contributed by atoms with van der Waals surface area (Å²) in [5, 5.41) is 2.75. The van der Waals surface area contributed by atoms with Gasteiger partial charge in [-0.1, -0.05) is 22.0 Å². The summed E-state index contributed by atoms with van der Waals surface area (Å²) in [6.45, 7) is 1.88. The lowest BCUT2D eigenvalue weighted by Gasteiger charge is -2.09. The first kappa shape index (κ1) is 14.0. The van der Waals surface area contributed by atoms with Crippen LogP contribution >= 0.6 is 31.9 Å². The number of hydrogen-bond donors (Lipinski definition) is 2. The normalized spacial score (nSPS) is 10.3. The fourth-order valence-electron chi connectivity index (χ4n) is 1.56. The molecule has 0 aliphatic heterocycles. The predicted octanol–water partition coefficient (Wildman–Crippen LogP) is 3.75. The van der Waals surface area contributed by atoms with Crippen LogP contribution in [0, 0.1) is 6.92 Å². The molecule has 19 heavy (non-hydrogen) atoms. The van der Waals surface area contributed by atoms with E-state index in [1.165, 1.54) is 6.20 Å². The molecule has 0 radical (unpaired) electrons. The second-order valence-corrected chi connectivity index (χ2v) is 5.78. The number of carbonyl (C=O) groups is 1. The molecule has 1 aromatic carbocycles. The van der Waals surface area contributed by atoms with Crippen molar-refractivity contribution in [3.05, 3.63) is 50.5 Å². The highest BCUT2D eigenvalue weighted by Gasteiger charge is 2.12. The second-order valence-electron chi connectivity index (χ2n) is 4.01. The Morgan fingerprint density at radius 3 is 2.74 bits per heavy atom. The maximum atomic E-state index is 12.2. The molecule has 0 spiro atoms. The summed E-state index contributed by atoms with van der Waals surface area (Å²) >= 11 is 6.67. The van der Waals surface area contributed by atoms with E-state index in [1.807, 2.05) is 19.1 Å². The Hall–Kier alpha value is -1.40. The third kappa shape index (κ3) is 3.33. The van der Waals surface area contributed by atoms with Gasteiger partial charge in [-0.15, -0.1) is 0 Å². The number of halogens is 2. The number of carbonyl (C=O) groups excluding carboxylic acids is 1. The Bertz CT molecular complexity index is 644. The average molecular weight is 385 g/mol. The van der Waals surface area contributed by atoms with E-state index in [1.54, 1.807) is 12.1 Å². The standard InChI is InChI=1S/C13H11Br2N3O/c1-7-2-3-8(14)4-10(7)13(19)18-12-11(15)5-9(16)6-17-12/h2-6H,16H2,1H3,(H,17,18,19). The molecule has 0 saturated heterocycles. The molecule has 1 aromatic heterocycles. The highest BCUT2D eigenvalue weighted by molar-refractivity contribution is 9.10. The predicted molar refractivity (Wildman–Crippen MR) is 83.2 cm³/mol. The number of benzene rings is 1. The summed E-state index contributed by atoms with van der Waals surface area (Å²) in [5.41, 5.74) is 7.63. The molecule has 1 amide bonds. The van der Waals surface area contributed by atoms with Gasteiger partial charge in [0.25, 0.3) is 5.91 Å². The second kappa shape index (κ2) is 5.71. The zero-order valence-electron chi connectivity index (χ0n) is 10.1. The van der Waals surface area contributed by atoms with Crippen molar-refractivity contribution in [2.45, 2.75) is 6.92 Å². The van der Waals surface area contributed by atoms with E-state index < -0.39 is 0 Å². The SMILES string of the molecule is Cc1ccc(Br)cc1C(=O)Nc1ncc(N)cc1Br. The van der Waals surface area contributed by atoms with Crippen LogP contribution in [0.1, 0.15) is 15.9 Å². The number of nitrogen functional groups attached to an aromatic ring is 1. The summed E-state index contributed by atoms with van der Waals surface area (Å²) in [6.07, 6.45) is 1.49. The van der Waals surface area contributed by atoms with Crippen molar-refractivity contribution in [2.75, 3.05) is 11.1 Å². The first-order valence-electron chi connectivity index (χ1n) is 5.46. The van der Waals surface area contributed by atoms with Gasteiger partial charge in [-0.05, 0) is 46.6 Å². The van der Waals surface area contributed by atoms with Crippen LogP contribution in [0.4, 0.5) is 11.5 Å². The lowest BCUT2D eigenvalue weighted by Crippen LogP contribution is -2.14. The minimum absolute atomic E-state index is 0.211. The number of amides is 1. The molecular weight excluding hydrogens is 374 g/mol. The Balaban J connectivity index is 2.28. The van der Waals surface area contributed by atoms with E-state index in [9.17, 15) is 4.79 Å². The van der Waals surface area contributed by atoms with Gasteiger partial charge in [0.05, 0.1) is 16.4 Å². The van der Waals surface area contributed by atoms with Gasteiger partial charge in [0.1, 0.15) is 5.82 Å². The fraction of sp³-hybridized carbons (Fsp3) is 0.0769. The number of nitrogens with two attached hydrogens (primary N) is 1. The molecular formula is C13H11Br2N3O. The van der Waals surface area contributed by atoms with E-state index in [0.717, 1.165) is 10.0 Å². The molecule has 0 aliphatic carbocycles. The molecule has 2 rings (SSSR count). The van der Waals surface area contributed by atoms with Crippen molar-refractivity contribution in [3.63, 3.8) is 0 Å². The summed E-state index contributed by atoms with van der Waals surface area (Å²) < 4.78 is 1.50. The van der Waals surface area contributed by atoms with Gasteiger partial charge in [-0.3, -0.25) is 4.79 Å². The molecule has 0 bridgehead atoms. The van der Waals surface area contributed by atoms with E-state index >= 15 is 0 Å². The molecule has 0 saturated carbocycles. The molecule has 6 heteroatoms. The summed E-state index contributed by atoms with van der Waals surface area (Å²) in [7, 11) is 0. The van der Waals surface area contributed by atoms with Gasteiger partial charge in [0.15, 0.2) is 0 Å². The summed E-state index contributed by atoms with van der Waals surface area (Å²) in [6, 6.07) is 7.24. The monoisotopic (exact) mass is 383 g/mol. The Morgan fingerprint density at radius 2 is 2.05 bits per heavy atom. The maximum absolute atomic E-state index is 12.2. The fourth-order valence-corrected chi connectivity index (χ4v) is 2.39. The van der Waals surface area contributed by atoms with Crippen molar-refractivity contribution in [1.82, 2.24) is 4.98 Å². The third-order valence-electron chi connectivity index (χ3n) is 2.54. The summed E-state index contributed by atoms with van der Waals surface area (Å²) in [5.74, 6) is 0.232. The van der Waals surface area contributed by atoms with Crippen molar-refractivity contribution in [1.29, 1.82) is 0 Å². The van der Waals surface area contributed by atoms with Gasteiger partial charge in [-0.2, -0.15) is 0 Å². The Morgan fingerprint density at radius 1 is 1.32 bits per heavy atom. The number of nitrogens with one attached hydrogen (secondary N) is 1. The Kier molecular flexibility index (Phi) is 4.21. The molecule has 3 N–H and O–H groups in total. The van der Waals surface area contributed by atoms with Crippen LogP contribution in [-0.2, 0) is 0 Å². The van der Waals surface area contributed by atoms with Crippen molar-refractivity contribution in [2.24, 2.45) is 0 Å². The molecule has 0 atom stereocenters. The van der Waals surface area contributed by atoms with E-state index in [2.05, 4.69) is 42.2 Å². The van der Waals surface area contributed by atoms with Crippen molar-refractivity contribution < 1.29 is 4.79 Å². The van der Waals surface area contributed by atoms with Gasteiger partial charge in [-0.25, -0.2) is 4.98 Å². The lowest BCUT2D eigenvalue weighted by atomic mass is 10.1. The van der Waals surface area contributed by atoms with Gasteiger partial charge < -0.3 is 11.1 Å². The van der Waals surface area contributed by atoms with Crippen LogP contribution in [0.15, 0.2) is 39.4 Å². The van der Waals surface area contributed by atoms with E-state index in [0.29, 0.717) is 21.5 Å². The lowest BCUT2D eigenvalue weighted by molar-refractivity contribution is 0.102. The highest BCUT2D eigenvalue weighted by atomic mass is 79.9. The van der Waals surface area contributed by atoms with Crippen molar-refractivity contribution in [3.8, 4) is 0 Å². The van der Waals surface area contributed by atoms with E-state index in [-0.39, 0.29) is 5.91 Å². The molecule has 4 nitrogen and oxygen atoms in total. The first-order valence-corrected chi connectivity index (χ1v) is 7.04. The van der Waals surface area contributed by atoms with Gasteiger partial charge in [0.2, 0.25) is 0 Å². The number of aromatic nitrogens is 1. The molecule has 1 heterocycles. The number of rotatable bonds is 2. The van der Waals surface area contributed by atoms with Crippen LogP contribution in [0.25, 0.3) is 0 Å². The maximum Gasteiger partial charge on any atom is 0.257 e. The van der Waals surface area contributed by atoms with Crippen LogP contribution in [-0.4, -0.2) is 10.9 Å². The molecule has 0 unspecified atom stereocenters. The quantitative estimate of drug-likeness (QED) is 0.828. The first-order chi connectivity index (χ1) is 8.97.